The molecule has 1 saturated heterocycles. The highest BCUT2D eigenvalue weighted by Crippen LogP contribution is 2.37. The van der Waals surface area contributed by atoms with Gasteiger partial charge in [0.25, 0.3) is 0 Å². The van der Waals surface area contributed by atoms with Crippen molar-refractivity contribution in [3.63, 3.8) is 0 Å². The van der Waals surface area contributed by atoms with E-state index in [9.17, 15) is 0 Å². The minimum Gasteiger partial charge on any atom is -0.489 e. The molecule has 3 heterocycles. The van der Waals surface area contributed by atoms with Crippen LogP contribution in [0.1, 0.15) is 32.0 Å². The molecule has 4 rings (SSSR count). The predicted octanol–water partition coefficient (Wildman–Crippen LogP) is 2.75. The van der Waals surface area contributed by atoms with Gasteiger partial charge in [-0.1, -0.05) is 0 Å². The summed E-state index contributed by atoms with van der Waals surface area (Å²) in [7, 11) is 0. The van der Waals surface area contributed by atoms with Gasteiger partial charge >= 0.3 is 0 Å². The smallest absolute Gasteiger partial charge is 0.163 e. The van der Waals surface area contributed by atoms with E-state index in [0.29, 0.717) is 13.2 Å². The number of hydrogen-bond donors (Lipinski definition) is 1. The molecule has 20 heavy (non-hydrogen) atoms. The van der Waals surface area contributed by atoms with E-state index >= 15 is 0 Å². The molecule has 0 aliphatic carbocycles. The molecule has 2 aliphatic heterocycles. The maximum absolute atomic E-state index is 5.85. The molecule has 0 saturated carbocycles. The fourth-order valence-corrected chi connectivity index (χ4v) is 2.88. The van der Waals surface area contributed by atoms with Crippen molar-refractivity contribution < 1.29 is 14.2 Å². The molecule has 0 amide bonds. The highest BCUT2D eigenvalue weighted by molar-refractivity contribution is 5.80. The molecule has 106 valence electrons. The number of imidazole rings is 1. The molecular weight excluding hydrogens is 256 g/mol. The van der Waals surface area contributed by atoms with Gasteiger partial charge in [-0.25, -0.2) is 4.98 Å². The van der Waals surface area contributed by atoms with Gasteiger partial charge in [0.15, 0.2) is 11.5 Å². The first-order valence-electron chi connectivity index (χ1n) is 7.18. The van der Waals surface area contributed by atoms with Crippen LogP contribution in [0.2, 0.25) is 0 Å². The summed E-state index contributed by atoms with van der Waals surface area (Å²) >= 11 is 0. The van der Waals surface area contributed by atoms with Crippen LogP contribution in [0, 0.1) is 0 Å². The lowest BCUT2D eigenvalue weighted by Crippen LogP contribution is -2.21. The van der Waals surface area contributed by atoms with Crippen LogP contribution < -0.4 is 9.47 Å². The number of ether oxygens (including phenoxy) is 3. The van der Waals surface area contributed by atoms with Crippen LogP contribution in [0.25, 0.3) is 11.0 Å². The Labute approximate surface area is 117 Å². The molecule has 5 nitrogen and oxygen atoms in total. The highest BCUT2D eigenvalue weighted by Gasteiger charge is 2.35. The first-order valence-corrected chi connectivity index (χ1v) is 7.18. The van der Waals surface area contributed by atoms with Crippen molar-refractivity contribution in [2.45, 2.75) is 31.8 Å². The van der Waals surface area contributed by atoms with Gasteiger partial charge in [-0.3, -0.25) is 0 Å². The summed E-state index contributed by atoms with van der Waals surface area (Å²) in [5.41, 5.74) is 1.58. The van der Waals surface area contributed by atoms with Crippen LogP contribution in [-0.4, -0.2) is 29.8 Å². The number of hydrogen-bond acceptors (Lipinski definition) is 4. The molecule has 0 bridgehead atoms. The lowest BCUT2D eigenvalue weighted by atomic mass is 10.0. The van der Waals surface area contributed by atoms with E-state index in [1.165, 1.54) is 0 Å². The van der Waals surface area contributed by atoms with Crippen LogP contribution in [0.4, 0.5) is 0 Å². The Bertz CT molecular complexity index is 601. The van der Waals surface area contributed by atoms with Gasteiger partial charge in [0.1, 0.15) is 11.4 Å². The van der Waals surface area contributed by atoms with Gasteiger partial charge in [0, 0.05) is 25.2 Å². The largest absolute Gasteiger partial charge is 0.489 e. The van der Waals surface area contributed by atoms with Crippen molar-refractivity contribution >= 4 is 11.0 Å². The first-order chi connectivity index (χ1) is 9.74. The van der Waals surface area contributed by atoms with Gasteiger partial charge in [-0.2, -0.15) is 0 Å². The Morgan fingerprint density at radius 1 is 1.10 bits per heavy atom. The molecule has 1 N–H and O–H groups in total. The number of aromatic nitrogens is 2. The third-order valence-electron chi connectivity index (χ3n) is 4.07. The Balaban J connectivity index is 1.80. The molecule has 0 radical (unpaired) electrons. The van der Waals surface area contributed by atoms with Gasteiger partial charge in [0.2, 0.25) is 0 Å². The lowest BCUT2D eigenvalue weighted by molar-refractivity contribution is 0.0103. The van der Waals surface area contributed by atoms with E-state index in [-0.39, 0.29) is 5.60 Å². The van der Waals surface area contributed by atoms with E-state index < -0.39 is 0 Å². The molecule has 2 aromatic rings. The number of H-pyrrole nitrogens is 1. The number of nitrogens with one attached hydrogen (secondary N) is 1. The zero-order chi connectivity index (χ0) is 13.6. The summed E-state index contributed by atoms with van der Waals surface area (Å²) in [6.45, 7) is 4.28. The Morgan fingerprint density at radius 3 is 2.65 bits per heavy atom. The van der Waals surface area contributed by atoms with Crippen molar-refractivity contribution in [2.24, 2.45) is 0 Å². The summed E-state index contributed by atoms with van der Waals surface area (Å²) in [5, 5.41) is 0. The average Bonchev–Trinajstić information content (AvgIpc) is 2.98. The van der Waals surface area contributed by atoms with E-state index in [1.807, 2.05) is 12.1 Å². The first kappa shape index (κ1) is 12.0. The van der Waals surface area contributed by atoms with Crippen molar-refractivity contribution in [3.8, 4) is 11.5 Å². The molecule has 2 aliphatic rings. The molecule has 1 aromatic carbocycles. The summed E-state index contributed by atoms with van der Waals surface area (Å²) in [5.74, 6) is 2.47. The van der Waals surface area contributed by atoms with Crippen LogP contribution in [-0.2, 0) is 10.3 Å². The zero-order valence-corrected chi connectivity index (χ0v) is 11.6. The maximum atomic E-state index is 5.85. The van der Waals surface area contributed by atoms with E-state index in [2.05, 4.69) is 16.9 Å². The summed E-state index contributed by atoms with van der Waals surface area (Å²) < 4.78 is 17.3. The minimum atomic E-state index is -0.294. The SMILES string of the molecule is CC1(c2nc3cc4c(cc3[nH]2)OCCCO4)CCCO1. The van der Waals surface area contributed by atoms with Gasteiger partial charge in [0.05, 0.1) is 24.2 Å². The molecule has 5 heteroatoms. The van der Waals surface area contributed by atoms with E-state index in [4.69, 9.17) is 14.2 Å². The number of aromatic amines is 1. The standard InChI is InChI=1S/C15H18N2O3/c1-15(4-2-7-20-15)14-16-10-8-12-13(9-11(10)17-14)19-6-3-5-18-12/h8-9H,2-7H2,1H3,(H,16,17). The fourth-order valence-electron chi connectivity index (χ4n) is 2.88. The second-order valence-corrected chi connectivity index (χ2v) is 5.63. The Morgan fingerprint density at radius 2 is 1.90 bits per heavy atom. The molecule has 1 fully saturated rings. The second-order valence-electron chi connectivity index (χ2n) is 5.63. The summed E-state index contributed by atoms with van der Waals surface area (Å²) in [4.78, 5) is 8.07. The van der Waals surface area contributed by atoms with Gasteiger partial charge in [-0.15, -0.1) is 0 Å². The average molecular weight is 274 g/mol. The quantitative estimate of drug-likeness (QED) is 0.868. The Hall–Kier alpha value is -1.75. The van der Waals surface area contributed by atoms with Crippen molar-refractivity contribution in [2.75, 3.05) is 19.8 Å². The summed E-state index contributed by atoms with van der Waals surface area (Å²) in [6, 6.07) is 3.93. The number of benzene rings is 1. The number of fused-ring (bicyclic) bond motifs is 2. The van der Waals surface area contributed by atoms with Crippen molar-refractivity contribution in [1.29, 1.82) is 0 Å². The molecule has 0 spiro atoms. The molecule has 1 aromatic heterocycles. The predicted molar refractivity (Wildman–Crippen MR) is 74.2 cm³/mol. The topological polar surface area (TPSA) is 56.4 Å². The van der Waals surface area contributed by atoms with Crippen LogP contribution in [0.15, 0.2) is 12.1 Å². The highest BCUT2D eigenvalue weighted by atomic mass is 16.5. The van der Waals surface area contributed by atoms with Gasteiger partial charge < -0.3 is 19.2 Å². The Kier molecular flexibility index (Phi) is 2.63. The fraction of sp³-hybridized carbons (Fsp3) is 0.533. The minimum absolute atomic E-state index is 0.294. The lowest BCUT2D eigenvalue weighted by Gasteiger charge is -2.19. The van der Waals surface area contributed by atoms with Crippen molar-refractivity contribution in [1.82, 2.24) is 9.97 Å². The van der Waals surface area contributed by atoms with Crippen LogP contribution >= 0.6 is 0 Å². The molecular formula is C15H18N2O3. The van der Waals surface area contributed by atoms with Crippen molar-refractivity contribution in [3.05, 3.63) is 18.0 Å². The van der Waals surface area contributed by atoms with E-state index in [0.717, 1.165) is 54.2 Å². The third kappa shape index (κ3) is 1.85. The maximum Gasteiger partial charge on any atom is 0.163 e. The monoisotopic (exact) mass is 274 g/mol. The normalized spacial score (nSPS) is 25.9. The second kappa shape index (κ2) is 4.38. The van der Waals surface area contributed by atoms with Gasteiger partial charge in [-0.05, 0) is 19.8 Å². The summed E-state index contributed by atoms with van der Waals surface area (Å²) in [6.07, 6.45) is 2.99. The third-order valence-corrected chi connectivity index (χ3v) is 4.07. The molecule has 1 unspecified atom stereocenters. The van der Waals surface area contributed by atoms with Crippen LogP contribution in [0.3, 0.4) is 0 Å². The zero-order valence-electron chi connectivity index (χ0n) is 11.6. The number of nitrogens with zero attached hydrogens (tertiary/aromatic N) is 1. The molecule has 1 atom stereocenters. The van der Waals surface area contributed by atoms with E-state index in [1.54, 1.807) is 0 Å². The number of rotatable bonds is 1. The van der Waals surface area contributed by atoms with Crippen LogP contribution in [0.5, 0.6) is 11.5 Å².